The highest BCUT2D eigenvalue weighted by atomic mass is 15.0. The average Bonchev–Trinajstić information content (AvgIpc) is 3.74. The van der Waals surface area contributed by atoms with Gasteiger partial charge in [-0.1, -0.05) is 133 Å². The molecule has 0 aliphatic carbocycles. The van der Waals surface area contributed by atoms with Crippen molar-refractivity contribution in [2.75, 3.05) is 0 Å². The molecule has 0 unspecified atom stereocenters. The van der Waals surface area contributed by atoms with E-state index in [1.54, 1.807) is 0 Å². The minimum Gasteiger partial charge on any atom is -0.309 e. The molecule has 52 heavy (non-hydrogen) atoms. The maximum Gasteiger partial charge on any atom is 0.0547 e. The Labute approximate surface area is 301 Å². The normalized spacial score (nSPS) is 11.8. The van der Waals surface area contributed by atoms with E-state index in [4.69, 9.17) is 0 Å². The third-order valence-corrected chi connectivity index (χ3v) is 10.8. The summed E-state index contributed by atoms with van der Waals surface area (Å²) in [4.78, 5) is 0. The fourth-order valence-corrected chi connectivity index (χ4v) is 8.54. The summed E-state index contributed by atoms with van der Waals surface area (Å²) in [6, 6.07) is 71.0. The second kappa shape index (κ2) is 11.3. The first kappa shape index (κ1) is 28.9. The van der Waals surface area contributed by atoms with E-state index in [0.717, 1.165) is 5.69 Å². The van der Waals surface area contributed by atoms with E-state index in [1.165, 1.54) is 93.1 Å². The van der Waals surface area contributed by atoms with E-state index in [1.807, 2.05) is 0 Å². The number of aromatic nitrogens is 2. The van der Waals surface area contributed by atoms with Crippen LogP contribution in [-0.4, -0.2) is 9.13 Å². The van der Waals surface area contributed by atoms with Crippen LogP contribution in [0.4, 0.5) is 0 Å². The molecule has 0 saturated heterocycles. The van der Waals surface area contributed by atoms with Crippen molar-refractivity contribution >= 4 is 65.2 Å². The van der Waals surface area contributed by atoms with Gasteiger partial charge >= 0.3 is 0 Å². The molecule has 0 atom stereocenters. The second-order valence-electron chi connectivity index (χ2n) is 13.8. The molecule has 2 heteroatoms. The van der Waals surface area contributed by atoms with Gasteiger partial charge in [0.2, 0.25) is 0 Å². The van der Waals surface area contributed by atoms with E-state index < -0.39 is 0 Å². The standard InChI is InChI=1S/C50H32N2/c1-3-13-33(14-4-1)37-29-38(36-25-26-46-44(32-36)43-21-11-12-22-45(43)51(46)39-17-5-2-6-18-39)31-40(30-37)52-47-27-23-34-15-7-9-19-41(34)49(47)50-42-20-10-8-16-35(42)24-28-48(50)52/h1-32H. The Kier molecular flexibility index (Phi) is 6.28. The molecule has 242 valence electrons. The van der Waals surface area contributed by atoms with Gasteiger partial charge in [0.05, 0.1) is 22.1 Å². The van der Waals surface area contributed by atoms with Crippen molar-refractivity contribution in [1.29, 1.82) is 0 Å². The van der Waals surface area contributed by atoms with Crippen LogP contribution in [0.15, 0.2) is 194 Å². The Morgan fingerprint density at radius 1 is 0.250 bits per heavy atom. The van der Waals surface area contributed by atoms with Crippen molar-refractivity contribution in [2.45, 2.75) is 0 Å². The summed E-state index contributed by atoms with van der Waals surface area (Å²) in [5.74, 6) is 0. The van der Waals surface area contributed by atoms with Crippen molar-refractivity contribution < 1.29 is 0 Å². The largest absolute Gasteiger partial charge is 0.309 e. The third kappa shape index (κ3) is 4.31. The lowest BCUT2D eigenvalue weighted by atomic mass is 9.96. The van der Waals surface area contributed by atoms with E-state index in [-0.39, 0.29) is 0 Å². The topological polar surface area (TPSA) is 9.86 Å². The first-order valence-corrected chi connectivity index (χ1v) is 17.9. The zero-order chi connectivity index (χ0) is 34.2. The number of hydrogen-bond donors (Lipinski definition) is 0. The van der Waals surface area contributed by atoms with Gasteiger partial charge in [-0.15, -0.1) is 0 Å². The molecule has 11 rings (SSSR count). The van der Waals surface area contributed by atoms with Gasteiger partial charge in [-0.2, -0.15) is 0 Å². The predicted octanol–water partition coefficient (Wildman–Crippen LogP) is 13.5. The Balaban J connectivity index is 1.22. The first-order valence-electron chi connectivity index (χ1n) is 17.9. The SMILES string of the molecule is c1ccc(-c2cc(-c3ccc4c(c3)c3ccccc3n4-c3ccccc3)cc(-n3c4ccc5ccccc5c4c4c5ccccc5ccc43)c2)cc1. The fourth-order valence-electron chi connectivity index (χ4n) is 8.54. The maximum atomic E-state index is 2.49. The zero-order valence-electron chi connectivity index (χ0n) is 28.4. The molecule has 0 N–H and O–H groups in total. The predicted molar refractivity (Wildman–Crippen MR) is 221 cm³/mol. The number of hydrogen-bond acceptors (Lipinski definition) is 0. The van der Waals surface area contributed by atoms with Crippen LogP contribution in [0, 0.1) is 0 Å². The van der Waals surface area contributed by atoms with Crippen LogP contribution in [-0.2, 0) is 0 Å². The number of benzene rings is 9. The van der Waals surface area contributed by atoms with Crippen molar-refractivity contribution in [3.05, 3.63) is 194 Å². The number of nitrogens with zero attached hydrogens (tertiary/aromatic N) is 2. The molecule has 0 aliphatic heterocycles. The summed E-state index contributed by atoms with van der Waals surface area (Å²) < 4.78 is 4.87. The lowest BCUT2D eigenvalue weighted by Gasteiger charge is -2.15. The van der Waals surface area contributed by atoms with Gasteiger partial charge in [0.25, 0.3) is 0 Å². The minimum atomic E-state index is 1.15. The van der Waals surface area contributed by atoms with Crippen molar-refractivity contribution in [1.82, 2.24) is 9.13 Å². The molecule has 0 radical (unpaired) electrons. The molecule has 0 spiro atoms. The summed E-state index contributed by atoms with van der Waals surface area (Å²) >= 11 is 0. The molecule has 0 amide bonds. The molecule has 2 aromatic heterocycles. The van der Waals surface area contributed by atoms with Crippen LogP contribution < -0.4 is 0 Å². The van der Waals surface area contributed by atoms with Crippen LogP contribution >= 0.6 is 0 Å². The van der Waals surface area contributed by atoms with E-state index in [9.17, 15) is 0 Å². The molecular formula is C50H32N2. The molecule has 2 heterocycles. The molecule has 0 bridgehead atoms. The van der Waals surface area contributed by atoms with Gasteiger partial charge in [0.1, 0.15) is 0 Å². The van der Waals surface area contributed by atoms with Crippen LogP contribution in [0.3, 0.4) is 0 Å². The highest BCUT2D eigenvalue weighted by molar-refractivity contribution is 6.28. The monoisotopic (exact) mass is 660 g/mol. The number of fused-ring (bicyclic) bond motifs is 10. The second-order valence-corrected chi connectivity index (χ2v) is 13.8. The average molecular weight is 661 g/mol. The van der Waals surface area contributed by atoms with Gasteiger partial charge in [0, 0.05) is 32.9 Å². The lowest BCUT2D eigenvalue weighted by Crippen LogP contribution is -1.96. The van der Waals surface area contributed by atoms with E-state index in [2.05, 4.69) is 203 Å². The summed E-state index contributed by atoms with van der Waals surface area (Å²) in [6.45, 7) is 0. The van der Waals surface area contributed by atoms with Crippen molar-refractivity contribution in [3.8, 4) is 33.6 Å². The quantitative estimate of drug-likeness (QED) is 0.178. The molecule has 9 aromatic carbocycles. The van der Waals surface area contributed by atoms with E-state index in [0.29, 0.717) is 0 Å². The van der Waals surface area contributed by atoms with E-state index >= 15 is 0 Å². The lowest BCUT2D eigenvalue weighted by molar-refractivity contribution is 1.18. The van der Waals surface area contributed by atoms with Gasteiger partial charge in [-0.05, 0) is 104 Å². The molecule has 11 aromatic rings. The van der Waals surface area contributed by atoms with Gasteiger partial charge in [-0.25, -0.2) is 0 Å². The Morgan fingerprint density at radius 3 is 1.42 bits per heavy atom. The molecule has 2 nitrogen and oxygen atoms in total. The molecule has 0 fully saturated rings. The van der Waals surface area contributed by atoms with Crippen LogP contribution in [0.5, 0.6) is 0 Å². The summed E-state index contributed by atoms with van der Waals surface area (Å²) in [7, 11) is 0. The summed E-state index contributed by atoms with van der Waals surface area (Å²) in [6.07, 6.45) is 0. The van der Waals surface area contributed by atoms with Gasteiger partial charge in [0.15, 0.2) is 0 Å². The zero-order valence-corrected chi connectivity index (χ0v) is 28.4. The fraction of sp³-hybridized carbons (Fsp3) is 0. The molecule has 0 saturated carbocycles. The van der Waals surface area contributed by atoms with Crippen LogP contribution in [0.1, 0.15) is 0 Å². The Hall–Kier alpha value is -6.90. The van der Waals surface area contributed by atoms with Crippen LogP contribution in [0.25, 0.3) is 98.8 Å². The smallest absolute Gasteiger partial charge is 0.0547 e. The van der Waals surface area contributed by atoms with Crippen molar-refractivity contribution in [3.63, 3.8) is 0 Å². The minimum absolute atomic E-state index is 1.15. The summed E-state index contributed by atoms with van der Waals surface area (Å²) in [5.41, 5.74) is 11.9. The first-order chi connectivity index (χ1) is 25.8. The van der Waals surface area contributed by atoms with Crippen LogP contribution in [0.2, 0.25) is 0 Å². The van der Waals surface area contributed by atoms with Crippen molar-refractivity contribution in [2.24, 2.45) is 0 Å². The highest BCUT2D eigenvalue weighted by Crippen LogP contribution is 2.42. The number of para-hydroxylation sites is 2. The Bertz CT molecular complexity index is 3070. The molecular weight excluding hydrogens is 629 g/mol. The summed E-state index contributed by atoms with van der Waals surface area (Å²) in [5, 5.41) is 10.2. The highest BCUT2D eigenvalue weighted by Gasteiger charge is 2.19. The maximum absolute atomic E-state index is 2.49. The number of rotatable bonds is 4. The third-order valence-electron chi connectivity index (χ3n) is 10.8. The Morgan fingerprint density at radius 2 is 0.750 bits per heavy atom. The molecule has 0 aliphatic rings. The van der Waals surface area contributed by atoms with Gasteiger partial charge < -0.3 is 9.13 Å². The van der Waals surface area contributed by atoms with Gasteiger partial charge in [-0.3, -0.25) is 0 Å².